The molecule has 0 spiro atoms. The molecule has 0 saturated heterocycles. The SMILES string of the molecule is CC=CCCC=CC=CC=C(C)C(C)(C)S(=O)(=O)C(C)(C)C(C)=CC=CC=CCCC=CC. The molecule has 0 aromatic carbocycles. The summed E-state index contributed by atoms with van der Waals surface area (Å²) in [5.41, 5.74) is 1.64. The van der Waals surface area contributed by atoms with Gasteiger partial charge in [0.1, 0.15) is 0 Å². The molecule has 3 heteroatoms. The van der Waals surface area contributed by atoms with Crippen LogP contribution < -0.4 is 0 Å². The van der Waals surface area contributed by atoms with Crippen molar-refractivity contribution in [3.63, 3.8) is 0 Å². The highest BCUT2D eigenvalue weighted by Gasteiger charge is 2.47. The smallest absolute Gasteiger partial charge is 0.168 e. The van der Waals surface area contributed by atoms with Crippen LogP contribution in [0.5, 0.6) is 0 Å². The predicted molar refractivity (Wildman–Crippen MR) is 149 cm³/mol. The summed E-state index contributed by atoms with van der Waals surface area (Å²) in [6.07, 6.45) is 32.2. The molecular formula is C30H46O2S. The van der Waals surface area contributed by atoms with Gasteiger partial charge in [0, 0.05) is 0 Å². The molecule has 2 nitrogen and oxygen atoms in total. The number of rotatable bonds is 14. The standard InChI is InChI=1S/C30H46O2S/c1-9-11-13-15-17-19-21-23-25-27(3)29(5,6)33(31,32)30(7,8)28(4)26-24-22-20-18-16-14-12-10-2/h9-12,17-26H,13-16H2,1-8H3. The zero-order valence-corrected chi connectivity index (χ0v) is 23.0. The minimum atomic E-state index is -3.51. The van der Waals surface area contributed by atoms with E-state index in [2.05, 4.69) is 36.5 Å². The van der Waals surface area contributed by atoms with Crippen molar-refractivity contribution in [3.05, 3.63) is 96.2 Å². The molecule has 0 fully saturated rings. The molecule has 33 heavy (non-hydrogen) atoms. The fraction of sp³-hybridized carbons (Fsp3) is 0.467. The summed E-state index contributed by atoms with van der Waals surface area (Å²) in [5, 5.41) is 0. The maximum absolute atomic E-state index is 13.7. The second-order valence-electron chi connectivity index (χ2n) is 9.14. The summed E-state index contributed by atoms with van der Waals surface area (Å²) < 4.78 is 25.3. The largest absolute Gasteiger partial charge is 0.227 e. The third-order valence-electron chi connectivity index (χ3n) is 6.12. The van der Waals surface area contributed by atoms with Gasteiger partial charge in [0.05, 0.1) is 9.49 Å². The topological polar surface area (TPSA) is 34.1 Å². The quantitative estimate of drug-likeness (QED) is 0.144. The van der Waals surface area contributed by atoms with Crippen molar-refractivity contribution >= 4 is 9.84 Å². The molecule has 184 valence electrons. The monoisotopic (exact) mass is 470 g/mol. The molecule has 0 aliphatic rings. The maximum Gasteiger partial charge on any atom is 0.168 e. The van der Waals surface area contributed by atoms with Gasteiger partial charge in [-0.15, -0.1) is 0 Å². The molecule has 0 aromatic heterocycles. The van der Waals surface area contributed by atoms with E-state index in [4.69, 9.17) is 0 Å². The Morgan fingerprint density at radius 2 is 0.909 bits per heavy atom. The average molecular weight is 471 g/mol. The van der Waals surface area contributed by atoms with Crippen molar-refractivity contribution in [2.75, 3.05) is 0 Å². The highest BCUT2D eigenvalue weighted by molar-refractivity contribution is 7.94. The van der Waals surface area contributed by atoms with Gasteiger partial charge in [-0.3, -0.25) is 0 Å². The van der Waals surface area contributed by atoms with Crippen molar-refractivity contribution in [2.45, 2.75) is 90.6 Å². The summed E-state index contributed by atoms with van der Waals surface area (Å²) in [6.45, 7) is 15.0. The molecule has 0 aliphatic carbocycles. The minimum absolute atomic E-state index is 0.821. The van der Waals surface area contributed by atoms with Gasteiger partial charge in [-0.05, 0) is 81.1 Å². The van der Waals surface area contributed by atoms with Gasteiger partial charge in [-0.25, -0.2) is 8.42 Å². The van der Waals surface area contributed by atoms with Crippen LogP contribution >= 0.6 is 0 Å². The Labute approximate surface area is 204 Å². The first-order chi connectivity index (χ1) is 15.5. The molecule has 0 N–H and O–H groups in total. The van der Waals surface area contributed by atoms with E-state index in [9.17, 15) is 8.42 Å². The third-order valence-corrected chi connectivity index (χ3v) is 9.45. The van der Waals surface area contributed by atoms with Crippen LogP contribution in [0.2, 0.25) is 0 Å². The van der Waals surface area contributed by atoms with Gasteiger partial charge in [0.25, 0.3) is 0 Å². The molecule has 0 aromatic rings. The van der Waals surface area contributed by atoms with Crippen molar-refractivity contribution in [2.24, 2.45) is 0 Å². The first-order valence-electron chi connectivity index (χ1n) is 11.9. The van der Waals surface area contributed by atoms with Gasteiger partial charge >= 0.3 is 0 Å². The van der Waals surface area contributed by atoms with Gasteiger partial charge in [0.15, 0.2) is 9.84 Å². The van der Waals surface area contributed by atoms with Gasteiger partial charge in [0.2, 0.25) is 0 Å². The van der Waals surface area contributed by atoms with E-state index < -0.39 is 19.3 Å². The third kappa shape index (κ3) is 10.1. The normalized spacial score (nSPS) is 15.6. The Morgan fingerprint density at radius 1 is 0.576 bits per heavy atom. The van der Waals surface area contributed by atoms with Gasteiger partial charge in [-0.2, -0.15) is 0 Å². The van der Waals surface area contributed by atoms with Crippen LogP contribution in [-0.4, -0.2) is 17.9 Å². The molecule has 0 saturated carbocycles. The average Bonchev–Trinajstić information content (AvgIpc) is 2.76. The van der Waals surface area contributed by atoms with Gasteiger partial charge < -0.3 is 0 Å². The Morgan fingerprint density at radius 3 is 1.24 bits per heavy atom. The minimum Gasteiger partial charge on any atom is -0.227 e. The Balaban J connectivity index is 5.37. The lowest BCUT2D eigenvalue weighted by molar-refractivity contribution is 0.536. The molecule has 0 bridgehead atoms. The molecule has 0 atom stereocenters. The highest BCUT2D eigenvalue weighted by atomic mass is 32.2. The fourth-order valence-electron chi connectivity index (χ4n) is 3.06. The highest BCUT2D eigenvalue weighted by Crippen LogP contribution is 2.38. The Kier molecular flexibility index (Phi) is 14.7. The van der Waals surface area contributed by atoms with E-state index in [-0.39, 0.29) is 0 Å². The first kappa shape index (κ1) is 30.9. The lowest BCUT2D eigenvalue weighted by Crippen LogP contribution is -2.47. The van der Waals surface area contributed by atoms with E-state index in [1.165, 1.54) is 0 Å². The van der Waals surface area contributed by atoms with Crippen LogP contribution in [0.3, 0.4) is 0 Å². The molecular weight excluding hydrogens is 424 g/mol. The van der Waals surface area contributed by atoms with Crippen LogP contribution in [0.25, 0.3) is 0 Å². The summed E-state index contributed by atoms with van der Waals surface area (Å²) in [6, 6.07) is 0. The lowest BCUT2D eigenvalue weighted by Gasteiger charge is -2.36. The number of sulfone groups is 1. The molecule has 0 aliphatic heterocycles. The number of unbranched alkanes of at least 4 members (excludes halogenated alkanes) is 2. The van der Waals surface area contributed by atoms with Crippen LogP contribution in [0, 0.1) is 0 Å². The summed E-state index contributed by atoms with van der Waals surface area (Å²) >= 11 is 0. The molecule has 0 heterocycles. The zero-order chi connectivity index (χ0) is 25.4. The zero-order valence-electron chi connectivity index (χ0n) is 22.1. The molecule has 0 amide bonds. The van der Waals surface area contributed by atoms with E-state index in [1.54, 1.807) is 27.7 Å². The van der Waals surface area contributed by atoms with Crippen molar-refractivity contribution in [3.8, 4) is 0 Å². The fourth-order valence-corrected chi connectivity index (χ4v) is 5.32. The molecule has 0 unspecified atom stereocenters. The number of allylic oxidation sites excluding steroid dienone is 14. The van der Waals surface area contributed by atoms with Crippen molar-refractivity contribution in [1.82, 2.24) is 0 Å². The van der Waals surface area contributed by atoms with E-state index in [1.807, 2.05) is 76.3 Å². The van der Waals surface area contributed by atoms with Crippen molar-refractivity contribution < 1.29 is 8.42 Å². The predicted octanol–water partition coefficient (Wildman–Crippen LogP) is 8.79. The summed E-state index contributed by atoms with van der Waals surface area (Å²) in [7, 11) is -3.51. The summed E-state index contributed by atoms with van der Waals surface area (Å²) in [5.74, 6) is 0. The number of hydrogen-bond acceptors (Lipinski definition) is 2. The van der Waals surface area contributed by atoms with Gasteiger partial charge in [-0.1, -0.05) is 96.2 Å². The molecule has 0 radical (unpaired) electrons. The van der Waals surface area contributed by atoms with Crippen LogP contribution in [0.1, 0.15) is 81.1 Å². The maximum atomic E-state index is 13.7. The van der Waals surface area contributed by atoms with E-state index in [0.29, 0.717) is 0 Å². The number of hydrogen-bond donors (Lipinski definition) is 0. The van der Waals surface area contributed by atoms with E-state index >= 15 is 0 Å². The summed E-state index contributed by atoms with van der Waals surface area (Å²) in [4.78, 5) is 0. The second-order valence-corrected chi connectivity index (χ2v) is 12.2. The van der Waals surface area contributed by atoms with Crippen LogP contribution in [-0.2, 0) is 9.84 Å². The van der Waals surface area contributed by atoms with E-state index in [0.717, 1.165) is 36.8 Å². The Hall–Kier alpha value is -2.13. The first-order valence-corrected chi connectivity index (χ1v) is 13.4. The Bertz CT molecular complexity index is 842. The molecule has 0 rings (SSSR count). The lowest BCUT2D eigenvalue weighted by atomic mass is 10.0. The second kappa shape index (κ2) is 15.7. The van der Waals surface area contributed by atoms with Crippen molar-refractivity contribution in [1.29, 1.82) is 0 Å². The van der Waals surface area contributed by atoms with Crippen LogP contribution in [0.15, 0.2) is 96.2 Å². The van der Waals surface area contributed by atoms with Crippen LogP contribution in [0.4, 0.5) is 0 Å².